The van der Waals surface area contributed by atoms with Crippen molar-refractivity contribution >= 4 is 17.3 Å². The standard InChI is InChI=1S/C13H15N3O3/c1-7(17)15-5-8-2-9(6-15)11-4-13(16(18)19)12(14)3-10(8)11/h3-4,8-9H,2,5-6,14H2,1H3. The van der Waals surface area contributed by atoms with E-state index in [1.807, 2.05) is 4.90 Å². The number of nitrogen functional groups attached to an aromatic ring is 1. The Morgan fingerprint density at radius 3 is 2.47 bits per heavy atom. The molecule has 19 heavy (non-hydrogen) atoms. The van der Waals surface area contributed by atoms with Gasteiger partial charge in [0, 0.05) is 37.9 Å². The van der Waals surface area contributed by atoms with Crippen LogP contribution in [0.4, 0.5) is 11.4 Å². The highest BCUT2D eigenvalue weighted by Crippen LogP contribution is 2.48. The van der Waals surface area contributed by atoms with Crippen molar-refractivity contribution in [1.29, 1.82) is 0 Å². The Morgan fingerprint density at radius 1 is 1.37 bits per heavy atom. The van der Waals surface area contributed by atoms with Crippen LogP contribution in [0.15, 0.2) is 12.1 Å². The third-order valence-corrected chi connectivity index (χ3v) is 4.20. The maximum absolute atomic E-state index is 11.5. The molecule has 1 heterocycles. The molecule has 1 aliphatic carbocycles. The van der Waals surface area contributed by atoms with Crippen LogP contribution < -0.4 is 5.73 Å². The minimum absolute atomic E-state index is 0.0272. The van der Waals surface area contributed by atoms with Crippen molar-refractivity contribution in [2.75, 3.05) is 18.8 Å². The summed E-state index contributed by atoms with van der Waals surface area (Å²) in [5.74, 6) is 0.530. The monoisotopic (exact) mass is 261 g/mol. The molecule has 2 N–H and O–H groups in total. The Hall–Kier alpha value is -2.11. The zero-order chi connectivity index (χ0) is 13.7. The van der Waals surface area contributed by atoms with Crippen LogP contribution >= 0.6 is 0 Å². The number of nitrogens with two attached hydrogens (primary N) is 1. The number of likely N-dealkylation sites (tertiary alicyclic amines) is 1. The van der Waals surface area contributed by atoms with E-state index in [1.54, 1.807) is 19.1 Å². The molecule has 0 saturated carbocycles. The Bertz CT molecular complexity index is 585. The number of carbonyl (C=O) groups is 1. The minimum Gasteiger partial charge on any atom is -0.393 e. The van der Waals surface area contributed by atoms with Gasteiger partial charge in [0.2, 0.25) is 5.91 Å². The van der Waals surface area contributed by atoms with Gasteiger partial charge in [0.1, 0.15) is 5.69 Å². The summed E-state index contributed by atoms with van der Waals surface area (Å²) in [6, 6.07) is 3.32. The van der Waals surface area contributed by atoms with Crippen molar-refractivity contribution in [3.63, 3.8) is 0 Å². The van der Waals surface area contributed by atoms with Crippen LogP contribution in [-0.4, -0.2) is 28.8 Å². The van der Waals surface area contributed by atoms with Crippen molar-refractivity contribution in [2.24, 2.45) is 0 Å². The number of amides is 1. The molecular formula is C13H15N3O3. The van der Waals surface area contributed by atoms with Crippen LogP contribution in [0.2, 0.25) is 0 Å². The van der Waals surface area contributed by atoms with Gasteiger partial charge in [-0.15, -0.1) is 0 Å². The van der Waals surface area contributed by atoms with Gasteiger partial charge in [-0.05, 0) is 23.6 Å². The molecule has 3 rings (SSSR count). The highest BCUT2D eigenvalue weighted by Gasteiger charge is 2.39. The number of nitrogens with zero attached hydrogens (tertiary/aromatic N) is 2. The van der Waals surface area contributed by atoms with Gasteiger partial charge in [0.05, 0.1) is 4.92 Å². The maximum Gasteiger partial charge on any atom is 0.292 e. The number of piperidine rings is 1. The molecule has 0 spiro atoms. The Kier molecular flexibility index (Phi) is 2.48. The number of hydrogen-bond acceptors (Lipinski definition) is 4. The fourth-order valence-electron chi connectivity index (χ4n) is 3.31. The Labute approximate surface area is 110 Å². The lowest BCUT2D eigenvalue weighted by Gasteiger charge is -2.31. The molecule has 0 radical (unpaired) electrons. The SMILES string of the molecule is CC(=O)N1CC2CC(C1)c1cc([N+](=O)[O-])c(N)cc12. The number of fused-ring (bicyclic) bond motifs is 5. The average molecular weight is 261 g/mol. The lowest BCUT2D eigenvalue weighted by atomic mass is 9.96. The van der Waals surface area contributed by atoms with E-state index in [4.69, 9.17) is 5.73 Å². The molecule has 6 nitrogen and oxygen atoms in total. The summed E-state index contributed by atoms with van der Waals surface area (Å²) in [4.78, 5) is 23.8. The molecule has 1 saturated heterocycles. The number of benzene rings is 1. The van der Waals surface area contributed by atoms with E-state index < -0.39 is 4.92 Å². The van der Waals surface area contributed by atoms with Crippen LogP contribution in [0.3, 0.4) is 0 Å². The van der Waals surface area contributed by atoms with Crippen LogP contribution in [0.1, 0.15) is 36.3 Å². The van der Waals surface area contributed by atoms with Crippen molar-refractivity contribution in [1.82, 2.24) is 4.90 Å². The minimum atomic E-state index is -0.444. The van der Waals surface area contributed by atoms with Gasteiger partial charge >= 0.3 is 0 Å². The van der Waals surface area contributed by atoms with Crippen LogP contribution in [-0.2, 0) is 4.79 Å². The third kappa shape index (κ3) is 1.75. The molecule has 2 atom stereocenters. The lowest BCUT2D eigenvalue weighted by molar-refractivity contribution is -0.384. The summed E-state index contributed by atoms with van der Waals surface area (Å²) >= 11 is 0. The molecule has 2 aliphatic rings. The molecule has 1 amide bonds. The van der Waals surface area contributed by atoms with Crippen LogP contribution in [0.5, 0.6) is 0 Å². The predicted octanol–water partition coefficient (Wildman–Crippen LogP) is 1.61. The molecule has 1 fully saturated rings. The second-order valence-corrected chi connectivity index (χ2v) is 5.35. The van der Waals surface area contributed by atoms with Crippen molar-refractivity contribution < 1.29 is 9.72 Å². The zero-order valence-corrected chi connectivity index (χ0v) is 10.6. The van der Waals surface area contributed by atoms with Gasteiger partial charge in [-0.2, -0.15) is 0 Å². The molecule has 1 aromatic carbocycles. The van der Waals surface area contributed by atoms with Crippen molar-refractivity contribution in [3.05, 3.63) is 33.4 Å². The number of rotatable bonds is 1. The van der Waals surface area contributed by atoms with Crippen LogP contribution in [0, 0.1) is 10.1 Å². The van der Waals surface area contributed by atoms with E-state index in [0.717, 1.165) is 17.5 Å². The Balaban J connectivity index is 2.04. The van der Waals surface area contributed by atoms with Gasteiger partial charge in [0.25, 0.3) is 5.69 Å². The number of nitro groups is 1. The fourth-order valence-corrected chi connectivity index (χ4v) is 3.31. The number of hydrogen-bond donors (Lipinski definition) is 1. The van der Waals surface area contributed by atoms with Gasteiger partial charge in [-0.25, -0.2) is 0 Å². The van der Waals surface area contributed by atoms with Crippen molar-refractivity contribution in [3.8, 4) is 0 Å². The molecule has 100 valence electrons. The molecule has 1 aliphatic heterocycles. The summed E-state index contributed by atoms with van der Waals surface area (Å²) in [6.07, 6.45) is 0.958. The van der Waals surface area contributed by atoms with E-state index in [1.165, 1.54) is 0 Å². The summed E-state index contributed by atoms with van der Waals surface area (Å²) in [5, 5.41) is 10.9. The van der Waals surface area contributed by atoms with Gasteiger partial charge < -0.3 is 10.6 Å². The summed E-state index contributed by atoms with van der Waals surface area (Å²) in [5.41, 5.74) is 8.01. The van der Waals surface area contributed by atoms with Gasteiger partial charge in [-0.1, -0.05) is 0 Å². The molecule has 6 heteroatoms. The first-order valence-electron chi connectivity index (χ1n) is 6.30. The quantitative estimate of drug-likeness (QED) is 0.472. The number of carbonyl (C=O) groups excluding carboxylic acids is 1. The molecular weight excluding hydrogens is 246 g/mol. The lowest BCUT2D eigenvalue weighted by Crippen LogP contribution is -2.38. The van der Waals surface area contributed by atoms with E-state index in [2.05, 4.69) is 0 Å². The smallest absolute Gasteiger partial charge is 0.292 e. The van der Waals surface area contributed by atoms with Gasteiger partial charge in [0.15, 0.2) is 0 Å². The predicted molar refractivity (Wildman–Crippen MR) is 69.9 cm³/mol. The first kappa shape index (κ1) is 12.0. The van der Waals surface area contributed by atoms with Gasteiger partial charge in [-0.3, -0.25) is 14.9 Å². The molecule has 1 aromatic rings. The normalized spacial score (nSPS) is 24.2. The first-order chi connectivity index (χ1) is 8.97. The topological polar surface area (TPSA) is 89.5 Å². The second kappa shape index (κ2) is 3.94. The second-order valence-electron chi connectivity index (χ2n) is 5.35. The number of nitro benzene ring substituents is 1. The molecule has 2 unspecified atom stereocenters. The summed E-state index contributed by atoms with van der Waals surface area (Å²) < 4.78 is 0. The molecule has 2 bridgehead atoms. The first-order valence-corrected chi connectivity index (χ1v) is 6.30. The zero-order valence-electron chi connectivity index (χ0n) is 10.6. The van der Waals surface area contributed by atoms with Crippen LogP contribution in [0.25, 0.3) is 0 Å². The van der Waals surface area contributed by atoms with E-state index in [-0.39, 0.29) is 29.1 Å². The highest BCUT2D eigenvalue weighted by molar-refractivity contribution is 5.74. The third-order valence-electron chi connectivity index (χ3n) is 4.20. The molecule has 0 aromatic heterocycles. The summed E-state index contributed by atoms with van der Waals surface area (Å²) in [7, 11) is 0. The largest absolute Gasteiger partial charge is 0.393 e. The maximum atomic E-state index is 11.5. The van der Waals surface area contributed by atoms with Crippen molar-refractivity contribution in [2.45, 2.75) is 25.2 Å². The fraction of sp³-hybridized carbons (Fsp3) is 0.462. The number of anilines is 1. The van der Waals surface area contributed by atoms with E-state index >= 15 is 0 Å². The Morgan fingerprint density at radius 2 is 1.95 bits per heavy atom. The average Bonchev–Trinajstić information content (AvgIpc) is 2.59. The highest BCUT2D eigenvalue weighted by atomic mass is 16.6. The summed E-state index contributed by atoms with van der Waals surface area (Å²) in [6.45, 7) is 2.90. The van der Waals surface area contributed by atoms with E-state index in [9.17, 15) is 14.9 Å². The van der Waals surface area contributed by atoms with E-state index in [0.29, 0.717) is 13.1 Å².